The highest BCUT2D eigenvalue weighted by Crippen LogP contribution is 2.21. The smallest absolute Gasteiger partial charge is 0.276 e. The van der Waals surface area contributed by atoms with Crippen LogP contribution in [-0.2, 0) is 9.59 Å². The van der Waals surface area contributed by atoms with Crippen molar-refractivity contribution in [2.75, 3.05) is 6.61 Å². The van der Waals surface area contributed by atoms with Crippen LogP contribution in [0, 0.1) is 6.92 Å². The number of hydrazine groups is 1. The number of hydrogen-bond donors (Lipinski definition) is 3. The van der Waals surface area contributed by atoms with Crippen LogP contribution in [0.4, 0.5) is 0 Å². The lowest BCUT2D eigenvalue weighted by Gasteiger charge is -2.12. The zero-order chi connectivity index (χ0) is 17.9. The lowest BCUT2D eigenvalue weighted by molar-refractivity contribution is -0.124. The average molecular weight is 372 g/mol. The molecule has 0 heterocycles. The van der Waals surface area contributed by atoms with E-state index in [1.165, 1.54) is 0 Å². The predicted octanol–water partition coefficient (Wildman–Crippen LogP) is 2.63. The van der Waals surface area contributed by atoms with Crippen molar-refractivity contribution >= 4 is 40.7 Å². The Morgan fingerprint density at radius 2 is 1.96 bits per heavy atom. The maximum absolute atomic E-state index is 11.7. The third-order valence-electron chi connectivity index (χ3n) is 3.07. The van der Waals surface area contributed by atoms with Gasteiger partial charge in [0.25, 0.3) is 5.91 Å². The first-order chi connectivity index (χ1) is 11.4. The molecule has 0 aromatic heterocycles. The monoisotopic (exact) mass is 371 g/mol. The first-order valence-corrected chi connectivity index (χ1v) is 8.48. The largest absolute Gasteiger partial charge is 0.483 e. The van der Waals surface area contributed by atoms with E-state index in [0.717, 1.165) is 24.8 Å². The Balaban J connectivity index is 2.25. The fourth-order valence-electron chi connectivity index (χ4n) is 1.84. The van der Waals surface area contributed by atoms with Gasteiger partial charge in [-0.25, -0.2) is 0 Å². The number of ether oxygens (including phenoxy) is 1. The first-order valence-electron chi connectivity index (χ1n) is 7.70. The second-order valence-corrected chi connectivity index (χ2v) is 6.05. The van der Waals surface area contributed by atoms with Gasteiger partial charge in [-0.15, -0.1) is 0 Å². The van der Waals surface area contributed by atoms with Gasteiger partial charge >= 0.3 is 0 Å². The highest BCUT2D eigenvalue weighted by atomic mass is 35.5. The standard InChI is InChI=1S/C16H22ClN3O3S/c1-3-4-5-6-14(21)18-16(24)20-19-15(22)10-23-13-8-7-12(17)9-11(13)2/h7-9H,3-6,10H2,1-2H3,(H,19,22)(H2,18,20,21,24). The molecule has 0 radical (unpaired) electrons. The van der Waals surface area contributed by atoms with E-state index in [1.54, 1.807) is 18.2 Å². The van der Waals surface area contributed by atoms with Crippen LogP contribution >= 0.6 is 23.8 Å². The second kappa shape index (κ2) is 10.8. The zero-order valence-corrected chi connectivity index (χ0v) is 15.4. The van der Waals surface area contributed by atoms with Crippen LogP contribution in [-0.4, -0.2) is 23.5 Å². The Morgan fingerprint density at radius 1 is 1.21 bits per heavy atom. The lowest BCUT2D eigenvalue weighted by Crippen LogP contribution is -2.49. The van der Waals surface area contributed by atoms with Gasteiger partial charge in [0.2, 0.25) is 5.91 Å². The van der Waals surface area contributed by atoms with E-state index in [9.17, 15) is 9.59 Å². The fraction of sp³-hybridized carbons (Fsp3) is 0.438. The molecule has 0 fully saturated rings. The normalized spacial score (nSPS) is 9.96. The molecule has 1 rings (SSSR count). The molecule has 0 atom stereocenters. The molecule has 0 saturated carbocycles. The lowest BCUT2D eigenvalue weighted by atomic mass is 10.2. The Kier molecular flexibility index (Phi) is 9.11. The molecule has 1 aromatic carbocycles. The van der Waals surface area contributed by atoms with Gasteiger partial charge in [0.15, 0.2) is 11.7 Å². The van der Waals surface area contributed by atoms with Crippen LogP contribution in [0.2, 0.25) is 5.02 Å². The summed E-state index contributed by atoms with van der Waals surface area (Å²) in [6.45, 7) is 3.70. The van der Waals surface area contributed by atoms with Crippen molar-refractivity contribution in [1.82, 2.24) is 16.2 Å². The molecular formula is C16H22ClN3O3S. The minimum atomic E-state index is -0.424. The Morgan fingerprint density at radius 3 is 2.62 bits per heavy atom. The van der Waals surface area contributed by atoms with Gasteiger partial charge in [-0.05, 0) is 49.3 Å². The number of unbranched alkanes of at least 4 members (excludes halogenated alkanes) is 2. The molecule has 0 aliphatic heterocycles. The molecule has 6 nitrogen and oxygen atoms in total. The first kappa shape index (κ1) is 20.2. The van der Waals surface area contributed by atoms with Gasteiger partial charge < -0.3 is 10.1 Å². The third-order valence-corrected chi connectivity index (χ3v) is 3.51. The quantitative estimate of drug-likeness (QED) is 0.390. The number of nitrogens with one attached hydrogen (secondary N) is 3. The molecule has 3 N–H and O–H groups in total. The highest BCUT2D eigenvalue weighted by molar-refractivity contribution is 7.80. The molecule has 2 amide bonds. The van der Waals surface area contributed by atoms with E-state index in [1.807, 2.05) is 6.92 Å². The number of aryl methyl sites for hydroxylation is 1. The fourth-order valence-corrected chi connectivity index (χ4v) is 2.23. The summed E-state index contributed by atoms with van der Waals surface area (Å²) in [6.07, 6.45) is 3.25. The van der Waals surface area contributed by atoms with Crippen molar-refractivity contribution < 1.29 is 14.3 Å². The molecule has 0 spiro atoms. The zero-order valence-electron chi connectivity index (χ0n) is 13.8. The van der Waals surface area contributed by atoms with Crippen molar-refractivity contribution in [3.05, 3.63) is 28.8 Å². The topological polar surface area (TPSA) is 79.5 Å². The SMILES string of the molecule is CCCCCC(=O)NC(=S)NNC(=O)COc1ccc(Cl)cc1C. The molecule has 0 aliphatic rings. The maximum Gasteiger partial charge on any atom is 0.276 e. The van der Waals surface area contributed by atoms with Gasteiger partial charge in [-0.1, -0.05) is 31.4 Å². The van der Waals surface area contributed by atoms with Crippen molar-refractivity contribution in [1.29, 1.82) is 0 Å². The number of halogens is 1. The summed E-state index contributed by atoms with van der Waals surface area (Å²) in [5.41, 5.74) is 5.65. The van der Waals surface area contributed by atoms with Crippen LogP contribution in [0.3, 0.4) is 0 Å². The average Bonchev–Trinajstić information content (AvgIpc) is 2.52. The number of benzene rings is 1. The van der Waals surface area contributed by atoms with Gasteiger partial charge in [0, 0.05) is 11.4 Å². The molecule has 0 unspecified atom stereocenters. The van der Waals surface area contributed by atoms with Crippen molar-refractivity contribution in [2.45, 2.75) is 39.5 Å². The minimum absolute atomic E-state index is 0.0486. The second-order valence-electron chi connectivity index (χ2n) is 5.21. The Hall–Kier alpha value is -1.86. The van der Waals surface area contributed by atoms with E-state index >= 15 is 0 Å². The van der Waals surface area contributed by atoms with Gasteiger partial charge in [0.05, 0.1) is 0 Å². The third kappa shape index (κ3) is 8.12. The highest BCUT2D eigenvalue weighted by Gasteiger charge is 2.07. The van der Waals surface area contributed by atoms with E-state index < -0.39 is 5.91 Å². The summed E-state index contributed by atoms with van der Waals surface area (Å²) in [6, 6.07) is 5.12. The number of hydrogen-bond acceptors (Lipinski definition) is 4. The van der Waals surface area contributed by atoms with Crippen LogP contribution in [0.1, 0.15) is 38.2 Å². The Labute approximate surface area is 152 Å². The predicted molar refractivity (Wildman–Crippen MR) is 97.8 cm³/mol. The summed E-state index contributed by atoms with van der Waals surface area (Å²) < 4.78 is 5.39. The van der Waals surface area contributed by atoms with Gasteiger partial charge in [-0.2, -0.15) is 0 Å². The molecule has 1 aromatic rings. The summed E-state index contributed by atoms with van der Waals surface area (Å²) in [4.78, 5) is 23.3. The minimum Gasteiger partial charge on any atom is -0.483 e. The number of amides is 2. The molecule has 8 heteroatoms. The number of rotatable bonds is 7. The van der Waals surface area contributed by atoms with Crippen LogP contribution in [0.25, 0.3) is 0 Å². The number of carbonyl (C=O) groups excluding carboxylic acids is 2. The van der Waals surface area contributed by atoms with Crippen LogP contribution < -0.4 is 20.9 Å². The van der Waals surface area contributed by atoms with Gasteiger partial charge in [-0.3, -0.25) is 20.4 Å². The van der Waals surface area contributed by atoms with E-state index in [2.05, 4.69) is 23.1 Å². The van der Waals surface area contributed by atoms with E-state index in [4.69, 9.17) is 28.6 Å². The molecule has 0 bridgehead atoms. The van der Waals surface area contributed by atoms with Crippen molar-refractivity contribution in [3.63, 3.8) is 0 Å². The van der Waals surface area contributed by atoms with Crippen LogP contribution in [0.15, 0.2) is 18.2 Å². The molecule has 0 aliphatic carbocycles. The molecule has 0 saturated heterocycles. The molecule has 132 valence electrons. The number of carbonyl (C=O) groups is 2. The summed E-state index contributed by atoms with van der Waals surface area (Å²) >= 11 is 10.8. The molecule has 24 heavy (non-hydrogen) atoms. The summed E-state index contributed by atoms with van der Waals surface area (Å²) in [5.74, 6) is -0.0310. The van der Waals surface area contributed by atoms with Crippen LogP contribution in [0.5, 0.6) is 5.75 Å². The molecular weight excluding hydrogens is 350 g/mol. The summed E-state index contributed by atoms with van der Waals surface area (Å²) in [7, 11) is 0. The van der Waals surface area contributed by atoms with Gasteiger partial charge in [0.1, 0.15) is 5.75 Å². The maximum atomic E-state index is 11.7. The summed E-state index contributed by atoms with van der Waals surface area (Å²) in [5, 5.41) is 3.15. The number of thiocarbonyl (C=S) groups is 1. The van der Waals surface area contributed by atoms with Crippen molar-refractivity contribution in [3.8, 4) is 5.75 Å². The van der Waals surface area contributed by atoms with Crippen molar-refractivity contribution in [2.24, 2.45) is 0 Å². The Bertz CT molecular complexity index is 596. The van der Waals surface area contributed by atoms with E-state index in [-0.39, 0.29) is 17.6 Å². The van der Waals surface area contributed by atoms with E-state index in [0.29, 0.717) is 17.2 Å².